The molecule has 1 aromatic carbocycles. The molecule has 0 fully saturated rings. The molecule has 3 N–H and O–H groups in total. The van der Waals surface area contributed by atoms with Crippen LogP contribution < -0.4 is 10.5 Å². The van der Waals surface area contributed by atoms with Crippen LogP contribution in [0.15, 0.2) is 22.7 Å². The summed E-state index contributed by atoms with van der Waals surface area (Å²) in [6, 6.07) is 5.76. The lowest BCUT2D eigenvalue weighted by Gasteiger charge is -2.28. The zero-order valence-corrected chi connectivity index (χ0v) is 13.1. The molecule has 0 aliphatic carbocycles. The first-order valence-electron chi connectivity index (χ1n) is 6.28. The number of aliphatic hydroxyl groups is 1. The van der Waals surface area contributed by atoms with Crippen LogP contribution in [0.5, 0.6) is 5.75 Å². The molecule has 0 bridgehead atoms. The van der Waals surface area contributed by atoms with E-state index in [0.717, 1.165) is 22.2 Å². The first-order chi connectivity index (χ1) is 9.04. The lowest BCUT2D eigenvalue weighted by molar-refractivity contribution is -0.0378. The van der Waals surface area contributed by atoms with E-state index >= 15 is 0 Å². The van der Waals surface area contributed by atoms with Gasteiger partial charge in [-0.2, -0.15) is 0 Å². The molecule has 0 heterocycles. The van der Waals surface area contributed by atoms with Crippen molar-refractivity contribution in [3.8, 4) is 5.75 Å². The van der Waals surface area contributed by atoms with Gasteiger partial charge in [0.25, 0.3) is 0 Å². The summed E-state index contributed by atoms with van der Waals surface area (Å²) < 4.78 is 11.4. The number of ether oxygens (including phenoxy) is 2. The third kappa shape index (κ3) is 5.10. The number of benzene rings is 1. The molecule has 0 aromatic heterocycles. The minimum absolute atomic E-state index is 0.280. The van der Waals surface area contributed by atoms with E-state index in [2.05, 4.69) is 15.9 Å². The summed E-state index contributed by atoms with van der Waals surface area (Å²) >= 11 is 3.44. The third-order valence-electron chi connectivity index (χ3n) is 3.02. The van der Waals surface area contributed by atoms with Crippen LogP contribution in [0.25, 0.3) is 0 Å². The van der Waals surface area contributed by atoms with Gasteiger partial charge in [0.15, 0.2) is 0 Å². The van der Waals surface area contributed by atoms with Gasteiger partial charge in [-0.1, -0.05) is 15.9 Å². The predicted molar refractivity (Wildman–Crippen MR) is 79.5 cm³/mol. The highest BCUT2D eigenvalue weighted by atomic mass is 79.9. The largest absolute Gasteiger partial charge is 0.496 e. The highest BCUT2D eigenvalue weighted by Crippen LogP contribution is 2.28. The van der Waals surface area contributed by atoms with Crippen molar-refractivity contribution < 1.29 is 14.6 Å². The predicted octanol–water partition coefficient (Wildman–Crippen LogP) is 2.12. The zero-order valence-electron chi connectivity index (χ0n) is 11.5. The minimum atomic E-state index is -0.914. The molecular formula is C14H22BrNO3. The van der Waals surface area contributed by atoms with Gasteiger partial charge in [0, 0.05) is 18.0 Å². The maximum Gasteiger partial charge on any atom is 0.122 e. The third-order valence-corrected chi connectivity index (χ3v) is 3.51. The van der Waals surface area contributed by atoms with Gasteiger partial charge in [-0.05, 0) is 43.1 Å². The zero-order chi connectivity index (χ0) is 14.3. The van der Waals surface area contributed by atoms with Crippen LogP contribution in [0, 0.1) is 0 Å². The lowest BCUT2D eigenvalue weighted by Crippen LogP contribution is -2.37. The van der Waals surface area contributed by atoms with Crippen LogP contribution in [0.1, 0.15) is 18.4 Å². The molecule has 1 atom stereocenters. The van der Waals surface area contributed by atoms with Crippen molar-refractivity contribution in [1.29, 1.82) is 0 Å². The Balaban J connectivity index is 2.91. The number of rotatable bonds is 8. The molecule has 0 saturated heterocycles. The second-order valence-electron chi connectivity index (χ2n) is 4.68. The first-order valence-corrected chi connectivity index (χ1v) is 7.08. The van der Waals surface area contributed by atoms with Crippen LogP contribution >= 0.6 is 15.9 Å². The molecule has 1 aromatic rings. The van der Waals surface area contributed by atoms with Gasteiger partial charge in [-0.3, -0.25) is 0 Å². The number of hydrogen-bond acceptors (Lipinski definition) is 4. The molecule has 0 spiro atoms. The fourth-order valence-corrected chi connectivity index (χ4v) is 2.56. The van der Waals surface area contributed by atoms with Crippen molar-refractivity contribution in [1.82, 2.24) is 0 Å². The van der Waals surface area contributed by atoms with Crippen LogP contribution in [0.4, 0.5) is 0 Å². The van der Waals surface area contributed by atoms with Crippen molar-refractivity contribution in [2.45, 2.75) is 24.9 Å². The minimum Gasteiger partial charge on any atom is -0.496 e. The summed E-state index contributed by atoms with van der Waals surface area (Å²) in [5, 5.41) is 10.7. The Hall–Kier alpha value is -0.620. The summed E-state index contributed by atoms with van der Waals surface area (Å²) in [4.78, 5) is 0. The van der Waals surface area contributed by atoms with Gasteiger partial charge in [0.2, 0.25) is 0 Å². The van der Waals surface area contributed by atoms with E-state index in [1.165, 1.54) is 0 Å². The molecular weight excluding hydrogens is 310 g/mol. The second kappa shape index (κ2) is 7.85. The van der Waals surface area contributed by atoms with Crippen molar-refractivity contribution in [3.05, 3.63) is 28.2 Å². The van der Waals surface area contributed by atoms with Gasteiger partial charge in [0.1, 0.15) is 5.75 Å². The number of halogens is 1. The monoisotopic (exact) mass is 331 g/mol. The Bertz CT molecular complexity index is 400. The maximum atomic E-state index is 10.7. The van der Waals surface area contributed by atoms with Crippen molar-refractivity contribution in [3.63, 3.8) is 0 Å². The average Bonchev–Trinajstić information content (AvgIpc) is 2.37. The molecule has 19 heavy (non-hydrogen) atoms. The molecule has 0 aliphatic heterocycles. The van der Waals surface area contributed by atoms with Crippen molar-refractivity contribution in [2.24, 2.45) is 5.73 Å². The number of hydrogen-bond donors (Lipinski definition) is 2. The van der Waals surface area contributed by atoms with E-state index in [4.69, 9.17) is 15.2 Å². The smallest absolute Gasteiger partial charge is 0.122 e. The van der Waals surface area contributed by atoms with E-state index in [0.29, 0.717) is 19.4 Å². The maximum absolute atomic E-state index is 10.7. The molecule has 0 amide bonds. The van der Waals surface area contributed by atoms with E-state index < -0.39 is 5.60 Å². The molecule has 4 nitrogen and oxygen atoms in total. The summed E-state index contributed by atoms with van der Waals surface area (Å²) in [7, 11) is 3.22. The lowest BCUT2D eigenvalue weighted by atomic mass is 9.90. The molecule has 0 radical (unpaired) electrons. The normalized spacial score (nSPS) is 14.2. The summed E-state index contributed by atoms with van der Waals surface area (Å²) in [5.41, 5.74) is 5.56. The topological polar surface area (TPSA) is 64.7 Å². The Labute approximate surface area is 123 Å². The summed E-state index contributed by atoms with van der Waals surface area (Å²) in [5.74, 6) is 0.769. The highest BCUT2D eigenvalue weighted by Gasteiger charge is 2.28. The van der Waals surface area contributed by atoms with Gasteiger partial charge in [0.05, 0.1) is 19.3 Å². The standard InChI is InChI=1S/C14H22BrNO3/c1-18-10-14(17,6-3-7-16)9-11-8-12(15)4-5-13(11)19-2/h4-5,8,17H,3,6-7,9-10,16H2,1-2H3. The quantitative estimate of drug-likeness (QED) is 0.765. The summed E-state index contributed by atoms with van der Waals surface area (Å²) in [6.07, 6.45) is 1.84. The SMILES string of the molecule is COCC(O)(CCCN)Cc1cc(Br)ccc1OC. The Morgan fingerprint density at radius 1 is 1.37 bits per heavy atom. The molecule has 0 aliphatic rings. The first kappa shape index (κ1) is 16.4. The van der Waals surface area contributed by atoms with Crippen molar-refractivity contribution >= 4 is 15.9 Å². The summed E-state index contributed by atoms with van der Waals surface area (Å²) in [6.45, 7) is 0.838. The molecule has 5 heteroatoms. The fourth-order valence-electron chi connectivity index (χ4n) is 2.15. The van der Waals surface area contributed by atoms with Crippen LogP contribution in [0.3, 0.4) is 0 Å². The Morgan fingerprint density at radius 2 is 2.11 bits per heavy atom. The fraction of sp³-hybridized carbons (Fsp3) is 0.571. The second-order valence-corrected chi connectivity index (χ2v) is 5.60. The molecule has 1 rings (SSSR count). The van der Waals surface area contributed by atoms with Gasteiger partial charge >= 0.3 is 0 Å². The highest BCUT2D eigenvalue weighted by molar-refractivity contribution is 9.10. The average molecular weight is 332 g/mol. The van der Waals surface area contributed by atoms with Crippen LogP contribution in [-0.4, -0.2) is 38.1 Å². The molecule has 0 saturated carbocycles. The molecule has 1 unspecified atom stereocenters. The van der Waals surface area contributed by atoms with E-state index in [1.54, 1.807) is 14.2 Å². The number of nitrogens with two attached hydrogens (primary N) is 1. The van der Waals surface area contributed by atoms with E-state index in [9.17, 15) is 5.11 Å². The van der Waals surface area contributed by atoms with E-state index in [-0.39, 0.29) is 6.61 Å². The van der Waals surface area contributed by atoms with Crippen LogP contribution in [-0.2, 0) is 11.2 Å². The molecule has 108 valence electrons. The van der Waals surface area contributed by atoms with Crippen LogP contribution in [0.2, 0.25) is 0 Å². The van der Waals surface area contributed by atoms with Gasteiger partial charge < -0.3 is 20.3 Å². The van der Waals surface area contributed by atoms with Gasteiger partial charge in [-0.15, -0.1) is 0 Å². The Morgan fingerprint density at radius 3 is 2.68 bits per heavy atom. The Kier molecular flexibility index (Phi) is 6.79. The van der Waals surface area contributed by atoms with E-state index in [1.807, 2.05) is 18.2 Å². The van der Waals surface area contributed by atoms with Crippen molar-refractivity contribution in [2.75, 3.05) is 27.4 Å². The van der Waals surface area contributed by atoms with Gasteiger partial charge in [-0.25, -0.2) is 0 Å². The number of methoxy groups -OCH3 is 2.